The Balaban J connectivity index is 1.15. The lowest BCUT2D eigenvalue weighted by Gasteiger charge is -2.23. The summed E-state index contributed by atoms with van der Waals surface area (Å²) in [7, 11) is 0. The van der Waals surface area contributed by atoms with E-state index in [2.05, 4.69) is 138 Å². The Morgan fingerprint density at radius 1 is 0.444 bits per heavy atom. The third-order valence-electron chi connectivity index (χ3n) is 11.1. The fraction of sp³-hybridized carbons (Fsp3) is 0.0625. The highest BCUT2D eigenvalue weighted by molar-refractivity contribution is 6.14. The van der Waals surface area contributed by atoms with E-state index in [0.717, 1.165) is 22.0 Å². The van der Waals surface area contributed by atoms with Crippen LogP contribution in [0.2, 0.25) is 0 Å². The van der Waals surface area contributed by atoms with Crippen LogP contribution in [0.5, 0.6) is 0 Å². The van der Waals surface area contributed by atoms with Crippen molar-refractivity contribution in [3.8, 4) is 51.2 Å². The SMILES string of the molecule is CC1(C)c2cc3c(cc2-c2ccc4ccccc4c21)c1ccccc1n3-c1ccc(-c2nc(-c3ccccn3)nc(-c3ccccn3)n2)c2ccccc12. The highest BCUT2D eigenvalue weighted by Crippen LogP contribution is 2.53. The Morgan fingerprint density at radius 2 is 1.06 bits per heavy atom. The smallest absolute Gasteiger partial charge is 0.182 e. The first-order valence-corrected chi connectivity index (χ1v) is 18.3. The summed E-state index contributed by atoms with van der Waals surface area (Å²) < 4.78 is 2.44. The van der Waals surface area contributed by atoms with E-state index in [1.807, 2.05) is 36.4 Å². The van der Waals surface area contributed by atoms with Gasteiger partial charge in [0.05, 0.1) is 16.7 Å². The second-order valence-electron chi connectivity index (χ2n) is 14.5. The number of rotatable bonds is 4. The Morgan fingerprint density at radius 3 is 1.78 bits per heavy atom. The minimum atomic E-state index is -0.178. The molecule has 0 fully saturated rings. The van der Waals surface area contributed by atoms with E-state index in [0.29, 0.717) is 28.9 Å². The highest BCUT2D eigenvalue weighted by Gasteiger charge is 2.38. The van der Waals surface area contributed by atoms with Gasteiger partial charge in [0.25, 0.3) is 0 Å². The summed E-state index contributed by atoms with van der Waals surface area (Å²) in [5.41, 5.74) is 10.9. The van der Waals surface area contributed by atoms with Crippen LogP contribution >= 0.6 is 0 Å². The fourth-order valence-electron chi connectivity index (χ4n) is 8.71. The van der Waals surface area contributed by atoms with Crippen molar-refractivity contribution in [3.05, 3.63) is 169 Å². The lowest BCUT2D eigenvalue weighted by Crippen LogP contribution is -2.15. The molecule has 0 atom stereocenters. The Hall–Kier alpha value is -7.05. The predicted octanol–water partition coefficient (Wildman–Crippen LogP) is 11.4. The van der Waals surface area contributed by atoms with Crippen molar-refractivity contribution >= 4 is 43.4 Å². The van der Waals surface area contributed by atoms with Crippen LogP contribution in [0.15, 0.2) is 158 Å². The summed E-state index contributed by atoms with van der Waals surface area (Å²) in [5, 5.41) is 7.23. The first kappa shape index (κ1) is 30.6. The van der Waals surface area contributed by atoms with Crippen molar-refractivity contribution in [3.63, 3.8) is 0 Å². The van der Waals surface area contributed by atoms with E-state index >= 15 is 0 Å². The molecule has 6 aromatic carbocycles. The number of hydrogen-bond acceptors (Lipinski definition) is 5. The normalized spacial score (nSPS) is 13.1. The quantitative estimate of drug-likeness (QED) is 0.184. The number of aromatic nitrogens is 6. The van der Waals surface area contributed by atoms with Crippen LogP contribution in [0.3, 0.4) is 0 Å². The highest BCUT2D eigenvalue weighted by atomic mass is 15.1. The van der Waals surface area contributed by atoms with Crippen molar-refractivity contribution in [2.24, 2.45) is 0 Å². The molecule has 1 aliphatic rings. The maximum Gasteiger partial charge on any atom is 0.182 e. The molecule has 6 nitrogen and oxygen atoms in total. The average Bonchev–Trinajstić information content (AvgIpc) is 3.67. The lowest BCUT2D eigenvalue weighted by molar-refractivity contribution is 0.667. The van der Waals surface area contributed by atoms with Gasteiger partial charge < -0.3 is 4.57 Å². The van der Waals surface area contributed by atoms with Gasteiger partial charge >= 0.3 is 0 Å². The van der Waals surface area contributed by atoms with E-state index in [4.69, 9.17) is 15.0 Å². The number of hydrogen-bond donors (Lipinski definition) is 0. The lowest BCUT2D eigenvalue weighted by atomic mass is 9.80. The second kappa shape index (κ2) is 11.5. The van der Waals surface area contributed by atoms with E-state index in [-0.39, 0.29) is 5.41 Å². The van der Waals surface area contributed by atoms with Gasteiger partial charge in [0, 0.05) is 39.5 Å². The zero-order valence-electron chi connectivity index (χ0n) is 29.7. The molecule has 4 aromatic heterocycles. The molecule has 1 aliphatic carbocycles. The van der Waals surface area contributed by atoms with E-state index in [9.17, 15) is 0 Å². The van der Waals surface area contributed by atoms with Crippen LogP contribution in [0.1, 0.15) is 25.0 Å². The van der Waals surface area contributed by atoms with Crippen molar-refractivity contribution in [2.45, 2.75) is 19.3 Å². The van der Waals surface area contributed by atoms with Crippen molar-refractivity contribution < 1.29 is 0 Å². The molecular weight excluding hydrogens is 661 g/mol. The minimum Gasteiger partial charge on any atom is -0.309 e. The van der Waals surface area contributed by atoms with Crippen molar-refractivity contribution in [1.29, 1.82) is 0 Å². The van der Waals surface area contributed by atoms with Gasteiger partial charge in [-0.05, 0) is 93.0 Å². The molecule has 0 aliphatic heterocycles. The van der Waals surface area contributed by atoms with Gasteiger partial charge in [-0.3, -0.25) is 9.97 Å². The van der Waals surface area contributed by atoms with Crippen LogP contribution in [0.25, 0.3) is 94.6 Å². The molecule has 0 spiro atoms. The maximum atomic E-state index is 5.02. The summed E-state index contributed by atoms with van der Waals surface area (Å²) in [5.74, 6) is 1.57. The van der Waals surface area contributed by atoms with Crippen LogP contribution in [-0.4, -0.2) is 29.5 Å². The molecule has 10 aromatic rings. The van der Waals surface area contributed by atoms with E-state index < -0.39 is 0 Å². The van der Waals surface area contributed by atoms with Crippen LogP contribution in [0, 0.1) is 0 Å². The van der Waals surface area contributed by atoms with Gasteiger partial charge in [-0.2, -0.15) is 0 Å². The average molecular weight is 693 g/mol. The molecule has 0 saturated heterocycles. The molecule has 0 saturated carbocycles. The number of nitrogens with zero attached hydrogens (tertiary/aromatic N) is 6. The Labute approximate surface area is 311 Å². The van der Waals surface area contributed by atoms with Crippen LogP contribution in [0.4, 0.5) is 0 Å². The molecule has 0 bridgehead atoms. The summed E-state index contributed by atoms with van der Waals surface area (Å²) in [6.07, 6.45) is 3.51. The minimum absolute atomic E-state index is 0.178. The van der Waals surface area contributed by atoms with Crippen molar-refractivity contribution in [2.75, 3.05) is 0 Å². The standard InChI is InChI=1S/C48H32N6/c1-48(2)38-28-43-37(27-36(38)34-22-21-29-13-3-4-14-30(29)44(34)48)33-17-7-8-20-41(33)54(43)42-24-23-35(31-15-5-6-16-32(31)42)45-51-46(39-18-9-11-25-49-39)53-47(52-45)40-19-10-12-26-50-40/h3-28H,1-2H3. The molecular formula is C48H32N6. The molecule has 0 radical (unpaired) electrons. The van der Waals surface area contributed by atoms with Gasteiger partial charge in [-0.1, -0.05) is 105 Å². The molecule has 0 N–H and O–H groups in total. The molecule has 0 amide bonds. The summed E-state index contributed by atoms with van der Waals surface area (Å²) in [6, 6.07) is 51.5. The summed E-state index contributed by atoms with van der Waals surface area (Å²) in [6.45, 7) is 4.75. The molecule has 54 heavy (non-hydrogen) atoms. The number of para-hydroxylation sites is 1. The first-order valence-electron chi connectivity index (χ1n) is 18.3. The molecule has 254 valence electrons. The first-order chi connectivity index (χ1) is 26.5. The van der Waals surface area contributed by atoms with Crippen molar-refractivity contribution in [1.82, 2.24) is 29.5 Å². The molecule has 0 unspecified atom stereocenters. The fourth-order valence-corrected chi connectivity index (χ4v) is 8.71. The molecule has 11 rings (SSSR count). The van der Waals surface area contributed by atoms with Gasteiger partial charge in [-0.15, -0.1) is 0 Å². The predicted molar refractivity (Wildman–Crippen MR) is 219 cm³/mol. The zero-order chi connectivity index (χ0) is 36.0. The van der Waals surface area contributed by atoms with E-state index in [1.54, 1.807) is 12.4 Å². The van der Waals surface area contributed by atoms with Gasteiger partial charge in [0.2, 0.25) is 0 Å². The number of pyridine rings is 2. The van der Waals surface area contributed by atoms with E-state index in [1.165, 1.54) is 54.8 Å². The third-order valence-corrected chi connectivity index (χ3v) is 11.1. The molecule has 4 heterocycles. The maximum absolute atomic E-state index is 5.02. The number of benzene rings is 6. The zero-order valence-corrected chi connectivity index (χ0v) is 29.7. The van der Waals surface area contributed by atoms with Gasteiger partial charge in [0.15, 0.2) is 17.5 Å². The Kier molecular flexibility index (Phi) is 6.49. The monoisotopic (exact) mass is 692 g/mol. The topological polar surface area (TPSA) is 69.4 Å². The van der Waals surface area contributed by atoms with Crippen LogP contribution in [-0.2, 0) is 5.41 Å². The van der Waals surface area contributed by atoms with Gasteiger partial charge in [-0.25, -0.2) is 15.0 Å². The Bertz CT molecular complexity index is 3070. The number of fused-ring (bicyclic) bond motifs is 9. The van der Waals surface area contributed by atoms with Crippen LogP contribution < -0.4 is 0 Å². The third kappa shape index (κ3) is 4.43. The van der Waals surface area contributed by atoms with Gasteiger partial charge in [0.1, 0.15) is 11.4 Å². The second-order valence-corrected chi connectivity index (χ2v) is 14.5. The summed E-state index contributed by atoms with van der Waals surface area (Å²) >= 11 is 0. The largest absolute Gasteiger partial charge is 0.309 e. The molecule has 6 heteroatoms. The summed E-state index contributed by atoms with van der Waals surface area (Å²) in [4.78, 5) is 24.0.